The first-order valence-electron chi connectivity index (χ1n) is 7.67. The van der Waals surface area contributed by atoms with Crippen molar-refractivity contribution < 1.29 is 5.11 Å². The Bertz CT molecular complexity index is 485. The number of β-amino-alcohol motifs (C(OH)–C–C–N with tert-alkyl or cyclic N) is 1. The molecule has 0 amide bonds. The van der Waals surface area contributed by atoms with E-state index in [0.717, 1.165) is 43.4 Å². The third-order valence-corrected chi connectivity index (χ3v) is 4.03. The zero-order chi connectivity index (χ0) is 14.2. The molecule has 2 N–H and O–H groups in total. The molecule has 0 bridgehead atoms. The van der Waals surface area contributed by atoms with Gasteiger partial charge in [0.1, 0.15) is 17.5 Å². The van der Waals surface area contributed by atoms with E-state index in [1.54, 1.807) is 0 Å². The van der Waals surface area contributed by atoms with E-state index in [9.17, 15) is 5.11 Å². The van der Waals surface area contributed by atoms with E-state index in [-0.39, 0.29) is 0 Å². The highest BCUT2D eigenvalue weighted by Gasteiger charge is 2.31. The van der Waals surface area contributed by atoms with Crippen LogP contribution in [0.4, 0.5) is 11.6 Å². The molecule has 1 aliphatic carbocycles. The van der Waals surface area contributed by atoms with Crippen molar-refractivity contribution >= 4 is 11.6 Å². The molecule has 0 spiro atoms. The largest absolute Gasteiger partial charge is 0.388 e. The summed E-state index contributed by atoms with van der Waals surface area (Å²) in [6.45, 7) is 6.46. The van der Waals surface area contributed by atoms with Crippen molar-refractivity contribution in [2.24, 2.45) is 0 Å². The van der Waals surface area contributed by atoms with Gasteiger partial charge in [0, 0.05) is 31.6 Å². The van der Waals surface area contributed by atoms with Gasteiger partial charge in [-0.2, -0.15) is 0 Å². The number of aliphatic hydroxyl groups is 1. The number of anilines is 2. The van der Waals surface area contributed by atoms with Gasteiger partial charge >= 0.3 is 0 Å². The number of nitrogens with zero attached hydrogens (tertiary/aromatic N) is 3. The van der Waals surface area contributed by atoms with Gasteiger partial charge in [-0.1, -0.05) is 0 Å². The summed E-state index contributed by atoms with van der Waals surface area (Å²) < 4.78 is 0. The second-order valence-corrected chi connectivity index (χ2v) is 6.30. The van der Waals surface area contributed by atoms with Crippen LogP contribution in [-0.2, 0) is 0 Å². The van der Waals surface area contributed by atoms with E-state index in [1.807, 2.05) is 13.0 Å². The molecular weight excluding hydrogens is 252 g/mol. The first kappa shape index (κ1) is 13.6. The Kier molecular flexibility index (Phi) is 3.54. The number of nitrogens with one attached hydrogen (secondary N) is 1. The second kappa shape index (κ2) is 5.20. The molecule has 1 atom stereocenters. The van der Waals surface area contributed by atoms with E-state index >= 15 is 0 Å². The number of aromatic nitrogens is 2. The molecular formula is C15H24N4O. The average Bonchev–Trinajstić information content (AvgIpc) is 3.22. The molecule has 1 unspecified atom stereocenters. The standard InChI is InChI=1S/C15H24N4O/c1-3-16-12-9-13(18-14(17-12)11-5-6-11)19-8-4-7-15(2,20)10-19/h9,11,20H,3-8,10H2,1-2H3,(H,16,17,18). The summed E-state index contributed by atoms with van der Waals surface area (Å²) in [4.78, 5) is 11.5. The molecule has 1 aliphatic heterocycles. The topological polar surface area (TPSA) is 61.3 Å². The van der Waals surface area contributed by atoms with Crippen molar-refractivity contribution in [2.75, 3.05) is 29.9 Å². The Labute approximate surface area is 120 Å². The molecule has 1 aromatic rings. The SMILES string of the molecule is CCNc1cc(N2CCCC(C)(O)C2)nc(C2CC2)n1. The fraction of sp³-hybridized carbons (Fsp3) is 0.733. The van der Waals surface area contributed by atoms with Gasteiger partial charge in [0.2, 0.25) is 0 Å². The Morgan fingerprint density at radius 3 is 2.90 bits per heavy atom. The highest BCUT2D eigenvalue weighted by molar-refractivity contribution is 5.50. The molecule has 1 saturated heterocycles. The van der Waals surface area contributed by atoms with Crippen molar-refractivity contribution in [1.29, 1.82) is 0 Å². The first-order chi connectivity index (χ1) is 9.57. The van der Waals surface area contributed by atoms with Crippen LogP contribution in [-0.4, -0.2) is 40.3 Å². The number of hydrogen-bond acceptors (Lipinski definition) is 5. The highest BCUT2D eigenvalue weighted by Crippen LogP contribution is 2.39. The van der Waals surface area contributed by atoms with Crippen molar-refractivity contribution in [3.63, 3.8) is 0 Å². The van der Waals surface area contributed by atoms with E-state index in [0.29, 0.717) is 12.5 Å². The van der Waals surface area contributed by atoms with Crippen LogP contribution in [0, 0.1) is 0 Å². The molecule has 0 aromatic carbocycles. The third-order valence-electron chi connectivity index (χ3n) is 4.03. The predicted molar refractivity (Wildman–Crippen MR) is 80.2 cm³/mol. The molecule has 5 heteroatoms. The van der Waals surface area contributed by atoms with Gasteiger partial charge in [-0.05, 0) is 39.5 Å². The lowest BCUT2D eigenvalue weighted by Crippen LogP contribution is -2.46. The minimum Gasteiger partial charge on any atom is -0.388 e. The smallest absolute Gasteiger partial charge is 0.136 e. The summed E-state index contributed by atoms with van der Waals surface area (Å²) in [5, 5.41) is 13.6. The maximum atomic E-state index is 10.3. The molecule has 1 saturated carbocycles. The minimum absolute atomic E-state index is 0.539. The van der Waals surface area contributed by atoms with Crippen LogP contribution >= 0.6 is 0 Å². The Morgan fingerprint density at radius 1 is 1.45 bits per heavy atom. The lowest BCUT2D eigenvalue weighted by Gasteiger charge is -2.37. The number of hydrogen-bond donors (Lipinski definition) is 2. The zero-order valence-corrected chi connectivity index (χ0v) is 12.4. The fourth-order valence-corrected chi connectivity index (χ4v) is 2.83. The molecule has 110 valence electrons. The van der Waals surface area contributed by atoms with Crippen LogP contribution in [0.15, 0.2) is 6.07 Å². The highest BCUT2D eigenvalue weighted by atomic mass is 16.3. The molecule has 1 aromatic heterocycles. The molecule has 2 heterocycles. The quantitative estimate of drug-likeness (QED) is 0.882. The molecule has 2 fully saturated rings. The van der Waals surface area contributed by atoms with E-state index in [2.05, 4.69) is 22.1 Å². The molecule has 5 nitrogen and oxygen atoms in total. The van der Waals surface area contributed by atoms with Crippen LogP contribution < -0.4 is 10.2 Å². The molecule has 2 aliphatic rings. The summed E-state index contributed by atoms with van der Waals surface area (Å²) in [6, 6.07) is 2.01. The minimum atomic E-state index is -0.610. The summed E-state index contributed by atoms with van der Waals surface area (Å²) in [5.41, 5.74) is -0.610. The van der Waals surface area contributed by atoms with Crippen LogP contribution in [0.2, 0.25) is 0 Å². The number of rotatable bonds is 4. The van der Waals surface area contributed by atoms with Gasteiger partial charge in [-0.25, -0.2) is 9.97 Å². The van der Waals surface area contributed by atoms with E-state index < -0.39 is 5.60 Å². The lowest BCUT2D eigenvalue weighted by molar-refractivity contribution is 0.0447. The van der Waals surface area contributed by atoms with E-state index in [1.165, 1.54) is 12.8 Å². The monoisotopic (exact) mass is 276 g/mol. The fourth-order valence-electron chi connectivity index (χ4n) is 2.83. The van der Waals surface area contributed by atoms with Crippen LogP contribution in [0.3, 0.4) is 0 Å². The normalized spacial score (nSPS) is 26.6. The zero-order valence-electron chi connectivity index (χ0n) is 12.4. The van der Waals surface area contributed by atoms with Crippen molar-refractivity contribution in [1.82, 2.24) is 9.97 Å². The van der Waals surface area contributed by atoms with Gasteiger partial charge in [0.15, 0.2) is 0 Å². The Morgan fingerprint density at radius 2 is 2.25 bits per heavy atom. The van der Waals surface area contributed by atoms with Gasteiger partial charge in [-0.15, -0.1) is 0 Å². The molecule has 20 heavy (non-hydrogen) atoms. The summed E-state index contributed by atoms with van der Waals surface area (Å²) >= 11 is 0. The van der Waals surface area contributed by atoms with Crippen LogP contribution in [0.1, 0.15) is 51.3 Å². The summed E-state index contributed by atoms with van der Waals surface area (Å²) in [5.74, 6) is 3.36. The molecule has 0 radical (unpaired) electrons. The van der Waals surface area contributed by atoms with Crippen molar-refractivity contribution in [2.45, 2.75) is 51.0 Å². The van der Waals surface area contributed by atoms with Crippen molar-refractivity contribution in [3.8, 4) is 0 Å². The average molecular weight is 276 g/mol. The summed E-state index contributed by atoms with van der Waals surface area (Å²) in [7, 11) is 0. The lowest BCUT2D eigenvalue weighted by atomic mass is 9.95. The summed E-state index contributed by atoms with van der Waals surface area (Å²) in [6.07, 6.45) is 4.27. The van der Waals surface area contributed by atoms with Crippen LogP contribution in [0.25, 0.3) is 0 Å². The van der Waals surface area contributed by atoms with E-state index in [4.69, 9.17) is 4.98 Å². The number of piperidine rings is 1. The first-order valence-corrected chi connectivity index (χ1v) is 7.67. The third kappa shape index (κ3) is 3.03. The van der Waals surface area contributed by atoms with Gasteiger partial charge < -0.3 is 15.3 Å². The Hall–Kier alpha value is -1.36. The maximum absolute atomic E-state index is 10.3. The maximum Gasteiger partial charge on any atom is 0.136 e. The predicted octanol–water partition coefficient (Wildman–Crippen LogP) is 2.14. The van der Waals surface area contributed by atoms with Gasteiger partial charge in [0.25, 0.3) is 0 Å². The van der Waals surface area contributed by atoms with Gasteiger partial charge in [0.05, 0.1) is 5.60 Å². The van der Waals surface area contributed by atoms with Crippen molar-refractivity contribution in [3.05, 3.63) is 11.9 Å². The van der Waals surface area contributed by atoms with Crippen LogP contribution in [0.5, 0.6) is 0 Å². The second-order valence-electron chi connectivity index (χ2n) is 6.30. The molecule has 3 rings (SSSR count). The Balaban J connectivity index is 1.87. The van der Waals surface area contributed by atoms with Gasteiger partial charge in [-0.3, -0.25) is 0 Å².